The van der Waals surface area contributed by atoms with Crippen molar-refractivity contribution in [2.45, 2.75) is 46.1 Å². The molecule has 0 fully saturated rings. The van der Waals surface area contributed by atoms with Crippen LogP contribution in [0.1, 0.15) is 59.8 Å². The van der Waals surface area contributed by atoms with E-state index in [0.29, 0.717) is 5.56 Å². The molecular formula is C19H24N3O3-. The predicted molar refractivity (Wildman–Crippen MR) is 94.8 cm³/mol. The first kappa shape index (κ1) is 18.9. The fourth-order valence-corrected chi connectivity index (χ4v) is 2.32. The van der Waals surface area contributed by atoms with Crippen molar-refractivity contribution in [3.05, 3.63) is 46.6 Å². The minimum Gasteiger partial charge on any atom is -0.853 e. The minimum absolute atomic E-state index is 0.289. The number of rotatable bonds is 8. The lowest BCUT2D eigenvalue weighted by atomic mass is 10.1. The summed E-state index contributed by atoms with van der Waals surface area (Å²) in [5.74, 6) is 0.494. The number of hydrogen-bond acceptors (Lipinski definition) is 5. The summed E-state index contributed by atoms with van der Waals surface area (Å²) in [5.41, 5.74) is 3.11. The number of nitrogens with zero attached hydrogens (tertiary/aromatic N) is 2. The molecule has 0 radical (unpaired) electrons. The molecule has 1 unspecified atom stereocenters. The Morgan fingerprint density at radius 2 is 2.20 bits per heavy atom. The van der Waals surface area contributed by atoms with E-state index in [1.54, 1.807) is 19.1 Å². The van der Waals surface area contributed by atoms with Gasteiger partial charge in [-0.15, -0.1) is 6.61 Å². The molecule has 2 aromatic heterocycles. The van der Waals surface area contributed by atoms with Crippen LogP contribution in [-0.4, -0.2) is 28.7 Å². The monoisotopic (exact) mass is 342 g/mol. The van der Waals surface area contributed by atoms with Gasteiger partial charge in [0.05, 0.1) is 17.0 Å². The number of nitrogens with one attached hydrogen (secondary N) is 1. The highest BCUT2D eigenvalue weighted by Gasteiger charge is 2.10. The molecule has 2 heterocycles. The lowest BCUT2D eigenvalue weighted by Crippen LogP contribution is -2.39. The fraction of sp³-hybridized carbons (Fsp3) is 0.421. The second-order valence-corrected chi connectivity index (χ2v) is 6.05. The van der Waals surface area contributed by atoms with E-state index in [1.165, 1.54) is 6.20 Å². The first-order chi connectivity index (χ1) is 12.0. The number of aryl methyl sites for hydroxylation is 2. The summed E-state index contributed by atoms with van der Waals surface area (Å²) in [4.78, 5) is 16.2. The van der Waals surface area contributed by atoms with Gasteiger partial charge in [-0.25, -0.2) is 0 Å². The zero-order valence-corrected chi connectivity index (χ0v) is 14.9. The van der Waals surface area contributed by atoms with Gasteiger partial charge in [0.2, 0.25) is 0 Å². The van der Waals surface area contributed by atoms with Crippen LogP contribution in [0.25, 0.3) is 12.2 Å². The van der Waals surface area contributed by atoms with Crippen molar-refractivity contribution in [2.24, 2.45) is 0 Å². The molecule has 134 valence electrons. The molecule has 1 atom stereocenters. The van der Waals surface area contributed by atoms with Gasteiger partial charge < -0.3 is 14.9 Å². The highest BCUT2D eigenvalue weighted by Crippen LogP contribution is 2.18. The maximum absolute atomic E-state index is 11.9. The van der Waals surface area contributed by atoms with Crippen LogP contribution in [-0.2, 0) is 6.42 Å². The van der Waals surface area contributed by atoms with Crippen LogP contribution in [0.5, 0.6) is 0 Å². The number of amides is 1. The van der Waals surface area contributed by atoms with Crippen LogP contribution in [0.15, 0.2) is 22.9 Å². The minimum atomic E-state index is -0.398. The molecule has 0 bridgehead atoms. The molecule has 2 aromatic rings. The van der Waals surface area contributed by atoms with Gasteiger partial charge in [-0.2, -0.15) is 0 Å². The molecule has 0 aliphatic rings. The summed E-state index contributed by atoms with van der Waals surface area (Å²) in [6.07, 6.45) is 8.38. The zero-order valence-electron chi connectivity index (χ0n) is 14.9. The van der Waals surface area contributed by atoms with Crippen molar-refractivity contribution in [1.29, 1.82) is 0 Å². The molecule has 0 saturated carbocycles. The van der Waals surface area contributed by atoms with Crippen molar-refractivity contribution in [2.75, 3.05) is 6.61 Å². The van der Waals surface area contributed by atoms with E-state index in [2.05, 4.69) is 22.4 Å². The van der Waals surface area contributed by atoms with E-state index in [-0.39, 0.29) is 12.5 Å². The van der Waals surface area contributed by atoms with Gasteiger partial charge >= 0.3 is 0 Å². The fourth-order valence-electron chi connectivity index (χ4n) is 2.32. The van der Waals surface area contributed by atoms with Crippen LogP contribution in [0.2, 0.25) is 0 Å². The lowest BCUT2D eigenvalue weighted by molar-refractivity contribution is -0.371. The Kier molecular flexibility index (Phi) is 6.89. The third kappa shape index (κ3) is 5.26. The topological polar surface area (TPSA) is 91.1 Å². The summed E-state index contributed by atoms with van der Waals surface area (Å²) in [5, 5.41) is 17.5. The molecule has 0 spiro atoms. The number of hydrogen-bond donors (Lipinski definition) is 1. The molecule has 6 nitrogen and oxygen atoms in total. The van der Waals surface area contributed by atoms with Gasteiger partial charge in [-0.05, 0) is 51.0 Å². The van der Waals surface area contributed by atoms with Gasteiger partial charge in [0.15, 0.2) is 0 Å². The number of pyridine rings is 1. The van der Waals surface area contributed by atoms with Gasteiger partial charge in [0, 0.05) is 17.8 Å². The van der Waals surface area contributed by atoms with Crippen molar-refractivity contribution in [3.63, 3.8) is 0 Å². The summed E-state index contributed by atoms with van der Waals surface area (Å²) >= 11 is 0. The zero-order chi connectivity index (χ0) is 18.2. The Morgan fingerprint density at radius 3 is 2.84 bits per heavy atom. The van der Waals surface area contributed by atoms with Crippen molar-refractivity contribution in [3.8, 4) is 0 Å². The maximum atomic E-state index is 11.9. The van der Waals surface area contributed by atoms with Gasteiger partial charge in [-0.3, -0.25) is 9.78 Å². The van der Waals surface area contributed by atoms with E-state index in [0.717, 1.165) is 42.0 Å². The number of aromatic nitrogens is 2. The summed E-state index contributed by atoms with van der Waals surface area (Å²) < 4.78 is 5.28. The van der Waals surface area contributed by atoms with Crippen LogP contribution in [0.3, 0.4) is 0 Å². The van der Waals surface area contributed by atoms with E-state index in [4.69, 9.17) is 4.52 Å². The molecule has 1 N–H and O–H groups in total. The molecule has 0 aliphatic heterocycles. The smallest absolute Gasteiger partial charge is 0.253 e. The third-order valence-electron chi connectivity index (χ3n) is 3.85. The molecule has 25 heavy (non-hydrogen) atoms. The summed E-state index contributed by atoms with van der Waals surface area (Å²) in [7, 11) is 0. The molecule has 0 saturated heterocycles. The Bertz CT molecular complexity index is 720. The normalized spacial score (nSPS) is 12.5. The maximum Gasteiger partial charge on any atom is 0.253 e. The van der Waals surface area contributed by atoms with Gasteiger partial charge in [0.25, 0.3) is 5.91 Å². The highest BCUT2D eigenvalue weighted by molar-refractivity contribution is 5.94. The van der Waals surface area contributed by atoms with E-state index >= 15 is 0 Å². The molecule has 0 aliphatic carbocycles. The van der Waals surface area contributed by atoms with Crippen LogP contribution in [0.4, 0.5) is 0 Å². The van der Waals surface area contributed by atoms with Crippen LogP contribution in [0, 0.1) is 6.92 Å². The molecule has 1 amide bonds. The van der Waals surface area contributed by atoms with Crippen molar-refractivity contribution >= 4 is 18.1 Å². The quantitative estimate of drug-likeness (QED) is 0.795. The SMILES string of the molecule is CCCCc1noc(C)c1/C=C/c1ccc(C(=O)NC(C)C[O-])cn1. The number of unbranched alkanes of at least 4 members (excludes halogenated alkanes) is 1. The predicted octanol–water partition coefficient (Wildman–Crippen LogP) is 2.37. The number of carbonyl (C=O) groups is 1. The second-order valence-electron chi connectivity index (χ2n) is 6.05. The molecule has 0 aromatic carbocycles. The summed E-state index contributed by atoms with van der Waals surface area (Å²) in [6.45, 7) is 5.35. The van der Waals surface area contributed by atoms with Crippen molar-refractivity contribution in [1.82, 2.24) is 15.5 Å². The van der Waals surface area contributed by atoms with Gasteiger partial charge in [-0.1, -0.05) is 18.5 Å². The number of carbonyl (C=O) groups excluding carboxylic acids is 1. The summed E-state index contributed by atoms with van der Waals surface area (Å²) in [6, 6.07) is 3.06. The first-order valence-corrected chi connectivity index (χ1v) is 8.53. The van der Waals surface area contributed by atoms with Crippen LogP contribution < -0.4 is 10.4 Å². The van der Waals surface area contributed by atoms with E-state index < -0.39 is 6.04 Å². The molecular weight excluding hydrogens is 318 g/mol. The van der Waals surface area contributed by atoms with E-state index in [9.17, 15) is 9.90 Å². The Morgan fingerprint density at radius 1 is 1.40 bits per heavy atom. The second kappa shape index (κ2) is 9.13. The highest BCUT2D eigenvalue weighted by atomic mass is 16.5. The Balaban J connectivity index is 2.07. The van der Waals surface area contributed by atoms with Gasteiger partial charge in [0.1, 0.15) is 5.76 Å². The standard InChI is InChI=1S/C19H24N3O3/c1-4-5-6-18-17(14(3)25-22-18)10-9-16-8-7-15(11-20-16)19(24)21-13(2)12-23/h7-11,13H,4-6,12H2,1-3H3,(H,21,24)/q-1/b10-9+. The lowest BCUT2D eigenvalue weighted by Gasteiger charge is -2.16. The Hall–Kier alpha value is -2.47. The van der Waals surface area contributed by atoms with Crippen LogP contribution >= 0.6 is 0 Å². The van der Waals surface area contributed by atoms with Crippen molar-refractivity contribution < 1.29 is 14.4 Å². The Labute approximate surface area is 148 Å². The largest absolute Gasteiger partial charge is 0.853 e. The molecule has 6 heteroatoms. The first-order valence-electron chi connectivity index (χ1n) is 8.53. The molecule has 2 rings (SSSR count). The average Bonchev–Trinajstić information content (AvgIpc) is 2.98. The van der Waals surface area contributed by atoms with E-state index in [1.807, 2.05) is 19.1 Å². The average molecular weight is 342 g/mol. The third-order valence-corrected chi connectivity index (χ3v) is 3.85.